The zero-order valence-electron chi connectivity index (χ0n) is 22.9. The number of aliphatic hydroxyl groups excluding tert-OH is 1. The highest BCUT2D eigenvalue weighted by molar-refractivity contribution is 7.99. The van der Waals surface area contributed by atoms with Gasteiger partial charge in [0.15, 0.2) is 6.29 Å². The third-order valence-electron chi connectivity index (χ3n) is 6.77. The smallest absolute Gasteiger partial charge is 0.243 e. The fraction of sp³-hybridized carbons (Fsp3) is 0.464. The number of hydrogen-bond donors (Lipinski definition) is 4. The molecule has 1 fully saturated rings. The third kappa shape index (κ3) is 9.33. The Hall–Kier alpha value is -3.36. The number of amides is 2. The van der Waals surface area contributed by atoms with Crippen LogP contribution in [0.15, 0.2) is 53.7 Å². The Bertz CT molecular complexity index is 1260. The minimum Gasteiger partial charge on any atom is -0.392 e. The molecular weight excluding hydrogens is 548 g/mol. The van der Waals surface area contributed by atoms with Crippen LogP contribution < -0.4 is 10.8 Å². The van der Waals surface area contributed by atoms with Crippen molar-refractivity contribution in [1.29, 1.82) is 0 Å². The van der Waals surface area contributed by atoms with Crippen molar-refractivity contribution in [3.05, 3.63) is 70.8 Å². The van der Waals surface area contributed by atoms with Crippen LogP contribution >= 0.6 is 11.8 Å². The lowest BCUT2D eigenvalue weighted by atomic mass is 10.0. The van der Waals surface area contributed by atoms with E-state index in [9.17, 15) is 14.7 Å². The number of carbonyl (C=O) groups excluding carboxylic acids is 2. The topological polar surface area (TPSA) is 161 Å². The number of aliphatic hydroxyl groups is 1. The molecule has 1 aliphatic rings. The second kappa shape index (κ2) is 15.6. The Labute approximate surface area is 242 Å². The van der Waals surface area contributed by atoms with Crippen molar-refractivity contribution in [2.45, 2.75) is 75.3 Å². The van der Waals surface area contributed by atoms with Gasteiger partial charge in [-0.1, -0.05) is 66.7 Å². The Morgan fingerprint density at radius 1 is 0.976 bits per heavy atom. The predicted molar refractivity (Wildman–Crippen MR) is 149 cm³/mol. The number of thioether (sulfide) groups is 1. The maximum Gasteiger partial charge on any atom is 0.243 e. The van der Waals surface area contributed by atoms with Gasteiger partial charge in [-0.15, -0.1) is 5.10 Å². The van der Waals surface area contributed by atoms with Crippen LogP contribution in [0.5, 0.6) is 0 Å². The van der Waals surface area contributed by atoms with Crippen LogP contribution in [-0.4, -0.2) is 54.2 Å². The number of carbonyl (C=O) groups is 2. The molecule has 0 bridgehead atoms. The summed E-state index contributed by atoms with van der Waals surface area (Å²) in [5, 5.41) is 33.2. The fourth-order valence-electron chi connectivity index (χ4n) is 4.42. The van der Waals surface area contributed by atoms with E-state index in [-0.39, 0.29) is 31.1 Å². The molecule has 1 aromatic heterocycles. The number of tetrazole rings is 1. The summed E-state index contributed by atoms with van der Waals surface area (Å²) in [5.74, 6) is 0.189. The maximum absolute atomic E-state index is 12.2. The van der Waals surface area contributed by atoms with Gasteiger partial charge in [0.1, 0.15) is 0 Å². The Balaban J connectivity index is 1.33. The van der Waals surface area contributed by atoms with Gasteiger partial charge in [-0.25, -0.2) is 10.2 Å². The van der Waals surface area contributed by atoms with Crippen LogP contribution in [0.25, 0.3) is 0 Å². The van der Waals surface area contributed by atoms with Crippen LogP contribution in [0.3, 0.4) is 0 Å². The van der Waals surface area contributed by atoms with Crippen molar-refractivity contribution in [3.63, 3.8) is 0 Å². The summed E-state index contributed by atoms with van der Waals surface area (Å²) in [7, 11) is 1.80. The molecule has 2 heterocycles. The summed E-state index contributed by atoms with van der Waals surface area (Å²) < 4.78 is 14.4. The average molecular weight is 585 g/mol. The van der Waals surface area contributed by atoms with Gasteiger partial charge in [0.25, 0.3) is 0 Å². The first-order chi connectivity index (χ1) is 19.9. The van der Waals surface area contributed by atoms with E-state index in [1.807, 2.05) is 48.5 Å². The highest BCUT2D eigenvalue weighted by Crippen LogP contribution is 2.39. The summed E-state index contributed by atoms with van der Waals surface area (Å²) in [6, 6.07) is 15.6. The molecule has 2 amide bonds. The maximum atomic E-state index is 12.2. The van der Waals surface area contributed by atoms with E-state index < -0.39 is 12.2 Å². The lowest BCUT2D eigenvalue weighted by Crippen LogP contribution is -2.31. The zero-order chi connectivity index (χ0) is 29.0. The first kappa shape index (κ1) is 30.6. The molecule has 4 rings (SSSR count). The number of rotatable bonds is 14. The van der Waals surface area contributed by atoms with E-state index in [1.54, 1.807) is 17.2 Å². The molecule has 13 heteroatoms. The Kier molecular flexibility index (Phi) is 11.6. The van der Waals surface area contributed by atoms with Crippen LogP contribution in [0, 0.1) is 0 Å². The first-order valence-electron chi connectivity index (χ1n) is 13.6. The van der Waals surface area contributed by atoms with Crippen LogP contribution in [0.2, 0.25) is 0 Å². The quantitative estimate of drug-likeness (QED) is 0.0959. The second-order valence-electron chi connectivity index (χ2n) is 9.86. The molecule has 41 heavy (non-hydrogen) atoms. The standard InChI is InChI=1S/C28H36N6O6S/c1-34-28(30-32-33-34)41-18-23-15-24(21-11-9-20(17-35)10-12-21)40-27(39-23)22-13-7-19(8-14-22)16-29-25(36)5-3-2-4-6-26(37)31-38/h7-14,23-24,27,35,38H,2-6,15-18H2,1H3,(H,29,36)(H,31,37)/t23-,24+,27+/m0/s1. The monoisotopic (exact) mass is 584 g/mol. The molecule has 0 spiro atoms. The molecule has 1 saturated heterocycles. The molecule has 1 aliphatic heterocycles. The molecule has 3 atom stereocenters. The predicted octanol–water partition coefficient (Wildman–Crippen LogP) is 3.11. The number of nitrogens with zero attached hydrogens (tertiary/aromatic N) is 4. The van der Waals surface area contributed by atoms with Gasteiger partial charge in [0, 0.05) is 44.2 Å². The highest BCUT2D eigenvalue weighted by Gasteiger charge is 2.32. The van der Waals surface area contributed by atoms with Gasteiger partial charge < -0.3 is 19.9 Å². The number of hydrogen-bond acceptors (Lipinski definition) is 10. The minimum atomic E-state index is -0.578. The molecule has 3 aromatic rings. The molecule has 0 saturated carbocycles. The van der Waals surface area contributed by atoms with Crippen molar-refractivity contribution >= 4 is 23.6 Å². The summed E-state index contributed by atoms with van der Waals surface area (Å²) in [6.45, 7) is 0.393. The third-order valence-corrected chi connectivity index (χ3v) is 7.91. The van der Waals surface area contributed by atoms with E-state index in [4.69, 9.17) is 14.7 Å². The molecular formula is C28H36N6O6S. The van der Waals surface area contributed by atoms with E-state index in [2.05, 4.69) is 20.8 Å². The molecule has 0 unspecified atom stereocenters. The summed E-state index contributed by atoms with van der Waals surface area (Å²) in [6.07, 6.45) is 2.43. The summed E-state index contributed by atoms with van der Waals surface area (Å²) in [4.78, 5) is 23.2. The average Bonchev–Trinajstić information content (AvgIpc) is 3.43. The molecule has 12 nitrogen and oxygen atoms in total. The largest absolute Gasteiger partial charge is 0.392 e. The van der Waals surface area contributed by atoms with Crippen molar-refractivity contribution in [2.24, 2.45) is 7.05 Å². The van der Waals surface area contributed by atoms with Gasteiger partial charge in [0.2, 0.25) is 17.0 Å². The van der Waals surface area contributed by atoms with E-state index in [0.29, 0.717) is 43.1 Å². The Morgan fingerprint density at radius 2 is 1.66 bits per heavy atom. The number of hydroxylamine groups is 1. The minimum absolute atomic E-state index is 0.0130. The number of nitrogens with one attached hydrogen (secondary N) is 2. The van der Waals surface area contributed by atoms with E-state index >= 15 is 0 Å². The molecule has 0 radical (unpaired) electrons. The van der Waals surface area contributed by atoms with Crippen molar-refractivity contribution in [3.8, 4) is 0 Å². The molecule has 4 N–H and O–H groups in total. The summed E-state index contributed by atoms with van der Waals surface area (Å²) in [5.41, 5.74) is 5.29. The van der Waals surface area contributed by atoms with Crippen molar-refractivity contribution < 1.29 is 29.4 Å². The van der Waals surface area contributed by atoms with Crippen LogP contribution in [-0.2, 0) is 39.3 Å². The van der Waals surface area contributed by atoms with Crippen LogP contribution in [0.4, 0.5) is 0 Å². The SMILES string of the molecule is Cn1nnnc1SC[C@@H]1C[C@H](c2ccc(CO)cc2)O[C@H](c2ccc(CNC(=O)CCCCCC(=O)NO)cc2)O1. The zero-order valence-corrected chi connectivity index (χ0v) is 23.8. The van der Waals surface area contributed by atoms with Gasteiger partial charge in [-0.3, -0.25) is 14.8 Å². The normalized spacial score (nSPS) is 18.7. The lowest BCUT2D eigenvalue weighted by molar-refractivity contribution is -0.245. The van der Waals surface area contributed by atoms with E-state index in [1.165, 1.54) is 11.8 Å². The van der Waals surface area contributed by atoms with Crippen molar-refractivity contribution in [1.82, 2.24) is 31.0 Å². The second-order valence-corrected chi connectivity index (χ2v) is 10.8. The molecule has 0 aliphatic carbocycles. The first-order valence-corrected chi connectivity index (χ1v) is 14.6. The van der Waals surface area contributed by atoms with Crippen LogP contribution in [0.1, 0.15) is 73.2 Å². The highest BCUT2D eigenvalue weighted by atomic mass is 32.2. The number of aromatic nitrogens is 4. The lowest BCUT2D eigenvalue weighted by Gasteiger charge is -2.36. The Morgan fingerprint density at radius 3 is 2.32 bits per heavy atom. The van der Waals surface area contributed by atoms with Crippen molar-refractivity contribution in [2.75, 3.05) is 5.75 Å². The van der Waals surface area contributed by atoms with E-state index in [0.717, 1.165) is 28.7 Å². The van der Waals surface area contributed by atoms with Gasteiger partial charge in [-0.2, -0.15) is 0 Å². The number of benzene rings is 2. The molecule has 2 aromatic carbocycles. The fourth-order valence-corrected chi connectivity index (χ4v) is 5.29. The molecule has 220 valence electrons. The van der Waals surface area contributed by atoms with Gasteiger partial charge in [0.05, 0.1) is 18.8 Å². The number of unbranched alkanes of at least 4 members (excludes halogenated alkanes) is 2. The number of ether oxygens (including phenoxy) is 2. The summed E-state index contributed by atoms with van der Waals surface area (Å²) >= 11 is 1.53. The van der Waals surface area contributed by atoms with Gasteiger partial charge >= 0.3 is 0 Å². The van der Waals surface area contributed by atoms with Gasteiger partial charge in [-0.05, 0) is 40.0 Å². The number of aryl methyl sites for hydroxylation is 1.